The third kappa shape index (κ3) is 3.97. The maximum absolute atomic E-state index is 12.3. The average Bonchev–Trinajstić information content (AvgIpc) is 2.69. The van der Waals surface area contributed by atoms with Crippen LogP contribution in [0.5, 0.6) is 5.75 Å². The number of ether oxygens (including phenoxy) is 1. The van der Waals surface area contributed by atoms with Crippen molar-refractivity contribution < 1.29 is 9.53 Å². The third-order valence-electron chi connectivity index (χ3n) is 4.45. The van der Waals surface area contributed by atoms with E-state index in [1.807, 2.05) is 23.1 Å². The van der Waals surface area contributed by atoms with Gasteiger partial charge < -0.3 is 15.4 Å². The van der Waals surface area contributed by atoms with Crippen molar-refractivity contribution in [1.29, 1.82) is 0 Å². The summed E-state index contributed by atoms with van der Waals surface area (Å²) < 4.78 is 5.42. The molecule has 1 heterocycles. The Bertz CT molecular complexity index is 488. The molecular formula is C17H26N2O2. The van der Waals surface area contributed by atoms with Gasteiger partial charge in [-0.05, 0) is 36.5 Å². The zero-order valence-corrected chi connectivity index (χ0v) is 13.1. The molecule has 1 saturated heterocycles. The van der Waals surface area contributed by atoms with E-state index in [1.165, 1.54) is 0 Å². The predicted molar refractivity (Wildman–Crippen MR) is 83.9 cm³/mol. The van der Waals surface area contributed by atoms with Crippen molar-refractivity contribution in [2.24, 2.45) is 11.7 Å². The molecule has 1 aromatic carbocycles. The van der Waals surface area contributed by atoms with Gasteiger partial charge >= 0.3 is 0 Å². The Balaban J connectivity index is 2.14. The minimum Gasteiger partial charge on any atom is -0.496 e. The van der Waals surface area contributed by atoms with Crippen LogP contribution in [-0.4, -0.2) is 24.5 Å². The lowest BCUT2D eigenvalue weighted by molar-refractivity contribution is -0.131. The Labute approximate surface area is 127 Å². The Hall–Kier alpha value is -1.55. The second-order valence-corrected chi connectivity index (χ2v) is 5.77. The Kier molecular flexibility index (Phi) is 5.62. The van der Waals surface area contributed by atoms with E-state index in [-0.39, 0.29) is 5.91 Å². The van der Waals surface area contributed by atoms with E-state index in [0.717, 1.165) is 42.7 Å². The fourth-order valence-corrected chi connectivity index (χ4v) is 2.96. The summed E-state index contributed by atoms with van der Waals surface area (Å²) in [5.41, 5.74) is 7.82. The highest BCUT2D eigenvalue weighted by Crippen LogP contribution is 2.26. The first-order valence-electron chi connectivity index (χ1n) is 7.81. The highest BCUT2D eigenvalue weighted by molar-refractivity contribution is 5.76. The van der Waals surface area contributed by atoms with E-state index in [9.17, 15) is 4.79 Å². The predicted octanol–water partition coefficient (Wildman–Crippen LogP) is 2.69. The summed E-state index contributed by atoms with van der Waals surface area (Å²) in [7, 11) is 1.66. The summed E-state index contributed by atoms with van der Waals surface area (Å²) in [5.74, 6) is 1.76. The highest BCUT2D eigenvalue weighted by Gasteiger charge is 2.22. The molecule has 4 heteroatoms. The van der Waals surface area contributed by atoms with Gasteiger partial charge in [-0.2, -0.15) is 0 Å². The van der Waals surface area contributed by atoms with E-state index in [0.29, 0.717) is 25.4 Å². The van der Waals surface area contributed by atoms with Crippen LogP contribution in [0.15, 0.2) is 18.2 Å². The Morgan fingerprint density at radius 3 is 2.86 bits per heavy atom. The lowest BCUT2D eigenvalue weighted by atomic mass is 9.98. The summed E-state index contributed by atoms with van der Waals surface area (Å²) in [6, 6.07) is 5.96. The van der Waals surface area contributed by atoms with E-state index < -0.39 is 0 Å². The Morgan fingerprint density at radius 2 is 2.19 bits per heavy atom. The van der Waals surface area contributed by atoms with Crippen LogP contribution in [0.4, 0.5) is 0 Å². The SMILES string of the molecule is CCC1CCC(=O)N(Cc2cc(CN)ccc2OC)CC1. The van der Waals surface area contributed by atoms with Gasteiger partial charge in [-0.1, -0.05) is 19.4 Å². The molecule has 1 aliphatic rings. The third-order valence-corrected chi connectivity index (χ3v) is 4.45. The van der Waals surface area contributed by atoms with Gasteiger partial charge in [-0.25, -0.2) is 0 Å². The number of carbonyl (C=O) groups is 1. The molecule has 1 aliphatic heterocycles. The molecule has 2 rings (SSSR count). The molecule has 1 atom stereocenters. The van der Waals surface area contributed by atoms with E-state index in [1.54, 1.807) is 7.11 Å². The largest absolute Gasteiger partial charge is 0.496 e. The number of benzene rings is 1. The molecule has 1 aromatic rings. The summed E-state index contributed by atoms with van der Waals surface area (Å²) in [6.45, 7) is 4.17. The molecule has 1 amide bonds. The van der Waals surface area contributed by atoms with Gasteiger partial charge in [0.25, 0.3) is 0 Å². The van der Waals surface area contributed by atoms with Crippen LogP contribution >= 0.6 is 0 Å². The zero-order chi connectivity index (χ0) is 15.2. The number of hydrogen-bond donors (Lipinski definition) is 1. The number of rotatable bonds is 5. The topological polar surface area (TPSA) is 55.6 Å². The number of carbonyl (C=O) groups excluding carboxylic acids is 1. The number of nitrogens with two attached hydrogens (primary N) is 1. The minimum absolute atomic E-state index is 0.256. The smallest absolute Gasteiger partial charge is 0.222 e. The van der Waals surface area contributed by atoms with Crippen LogP contribution in [0.3, 0.4) is 0 Å². The first-order valence-corrected chi connectivity index (χ1v) is 7.81. The van der Waals surface area contributed by atoms with Crippen LogP contribution < -0.4 is 10.5 Å². The lowest BCUT2D eigenvalue weighted by Gasteiger charge is -2.22. The molecule has 21 heavy (non-hydrogen) atoms. The van der Waals surface area contributed by atoms with Gasteiger partial charge in [0.15, 0.2) is 0 Å². The quantitative estimate of drug-likeness (QED) is 0.907. The average molecular weight is 290 g/mol. The van der Waals surface area contributed by atoms with Crippen molar-refractivity contribution in [2.45, 2.75) is 45.7 Å². The van der Waals surface area contributed by atoms with Gasteiger partial charge in [0.1, 0.15) is 5.75 Å². The summed E-state index contributed by atoms with van der Waals surface area (Å²) in [4.78, 5) is 14.3. The fraction of sp³-hybridized carbons (Fsp3) is 0.588. The minimum atomic E-state index is 0.256. The molecule has 0 aromatic heterocycles. The molecular weight excluding hydrogens is 264 g/mol. The van der Waals surface area contributed by atoms with Gasteiger partial charge in [-0.15, -0.1) is 0 Å². The number of nitrogens with zero attached hydrogens (tertiary/aromatic N) is 1. The van der Waals surface area contributed by atoms with Gasteiger partial charge in [0.2, 0.25) is 5.91 Å². The highest BCUT2D eigenvalue weighted by atomic mass is 16.5. The van der Waals surface area contributed by atoms with E-state index >= 15 is 0 Å². The van der Waals surface area contributed by atoms with Crippen molar-refractivity contribution >= 4 is 5.91 Å². The van der Waals surface area contributed by atoms with Gasteiger partial charge in [0, 0.05) is 31.6 Å². The summed E-state index contributed by atoms with van der Waals surface area (Å²) in [6.07, 6.45) is 3.94. The fourth-order valence-electron chi connectivity index (χ4n) is 2.96. The van der Waals surface area contributed by atoms with Crippen molar-refractivity contribution in [3.63, 3.8) is 0 Å². The first kappa shape index (κ1) is 15.8. The lowest BCUT2D eigenvalue weighted by Crippen LogP contribution is -2.30. The van der Waals surface area contributed by atoms with Crippen LogP contribution in [-0.2, 0) is 17.9 Å². The van der Waals surface area contributed by atoms with Crippen LogP contribution in [0, 0.1) is 5.92 Å². The Morgan fingerprint density at radius 1 is 1.38 bits per heavy atom. The molecule has 116 valence electrons. The maximum Gasteiger partial charge on any atom is 0.222 e. The number of hydrogen-bond acceptors (Lipinski definition) is 3. The number of methoxy groups -OCH3 is 1. The van der Waals surface area contributed by atoms with Crippen molar-refractivity contribution in [1.82, 2.24) is 4.90 Å². The van der Waals surface area contributed by atoms with Crippen molar-refractivity contribution in [2.75, 3.05) is 13.7 Å². The molecule has 0 aliphatic carbocycles. The monoisotopic (exact) mass is 290 g/mol. The van der Waals surface area contributed by atoms with Crippen LogP contribution in [0.25, 0.3) is 0 Å². The molecule has 0 radical (unpaired) electrons. The molecule has 1 unspecified atom stereocenters. The van der Waals surface area contributed by atoms with Crippen molar-refractivity contribution in [3.05, 3.63) is 29.3 Å². The number of likely N-dealkylation sites (tertiary alicyclic amines) is 1. The molecule has 0 saturated carbocycles. The number of amides is 1. The molecule has 2 N–H and O–H groups in total. The van der Waals surface area contributed by atoms with Crippen molar-refractivity contribution in [3.8, 4) is 5.75 Å². The first-order chi connectivity index (χ1) is 10.2. The standard InChI is InChI=1S/C17H26N2O2/c1-3-13-5-7-17(20)19(9-8-13)12-15-10-14(11-18)4-6-16(15)21-2/h4,6,10,13H,3,5,7-9,11-12,18H2,1-2H3. The molecule has 0 bridgehead atoms. The van der Waals surface area contributed by atoms with Gasteiger partial charge in [-0.3, -0.25) is 4.79 Å². The molecule has 1 fully saturated rings. The molecule has 0 spiro atoms. The second kappa shape index (κ2) is 7.46. The van der Waals surface area contributed by atoms with Gasteiger partial charge in [0.05, 0.1) is 7.11 Å². The summed E-state index contributed by atoms with van der Waals surface area (Å²) >= 11 is 0. The second-order valence-electron chi connectivity index (χ2n) is 5.77. The normalized spacial score (nSPS) is 19.5. The summed E-state index contributed by atoms with van der Waals surface area (Å²) in [5, 5.41) is 0. The molecule has 4 nitrogen and oxygen atoms in total. The maximum atomic E-state index is 12.3. The zero-order valence-electron chi connectivity index (χ0n) is 13.1. The van der Waals surface area contributed by atoms with E-state index in [2.05, 4.69) is 6.92 Å². The van der Waals surface area contributed by atoms with Crippen LogP contribution in [0.1, 0.15) is 43.7 Å². The van der Waals surface area contributed by atoms with Crippen LogP contribution in [0.2, 0.25) is 0 Å². The van der Waals surface area contributed by atoms with E-state index in [4.69, 9.17) is 10.5 Å².